The number of rotatable bonds is 3. The fourth-order valence-corrected chi connectivity index (χ4v) is 4.97. The monoisotopic (exact) mass is 420 g/mol. The Balaban J connectivity index is 2.20. The summed E-state index contributed by atoms with van der Waals surface area (Å²) in [5.41, 5.74) is -0.514. The molecule has 0 heterocycles. The SMILES string of the molecule is CC1(C)CC(=O)C(C(C2=C(O)CC(C)(C)CC2=O)c2ccc(F)cc2Cl)C(=O)C1. The van der Waals surface area contributed by atoms with E-state index in [1.165, 1.54) is 12.1 Å². The van der Waals surface area contributed by atoms with E-state index in [9.17, 15) is 23.9 Å². The van der Waals surface area contributed by atoms with Gasteiger partial charge >= 0.3 is 0 Å². The third-order valence-corrected chi connectivity index (χ3v) is 6.16. The highest BCUT2D eigenvalue weighted by atomic mass is 35.5. The highest BCUT2D eigenvalue weighted by molar-refractivity contribution is 6.31. The van der Waals surface area contributed by atoms with E-state index in [0.29, 0.717) is 5.56 Å². The number of ketones is 3. The Kier molecular flexibility index (Phi) is 5.50. The molecule has 0 aliphatic heterocycles. The quantitative estimate of drug-likeness (QED) is 0.670. The van der Waals surface area contributed by atoms with Gasteiger partial charge in [0.25, 0.3) is 0 Å². The Hall–Kier alpha value is -2.01. The molecular formula is C23H26ClFO4. The van der Waals surface area contributed by atoms with Gasteiger partial charge in [-0.05, 0) is 28.5 Å². The van der Waals surface area contributed by atoms with Crippen molar-refractivity contribution in [3.05, 3.63) is 45.9 Å². The number of allylic oxidation sites excluding steroid dienone is 2. The van der Waals surface area contributed by atoms with Gasteiger partial charge in [0.15, 0.2) is 5.78 Å². The summed E-state index contributed by atoms with van der Waals surface area (Å²) in [6, 6.07) is 3.68. The van der Waals surface area contributed by atoms with E-state index in [2.05, 4.69) is 0 Å². The molecule has 0 saturated heterocycles. The summed E-state index contributed by atoms with van der Waals surface area (Å²) < 4.78 is 13.7. The second kappa shape index (κ2) is 7.35. The Morgan fingerprint density at radius 2 is 1.55 bits per heavy atom. The molecule has 3 rings (SSSR count). The fraction of sp³-hybridized carbons (Fsp3) is 0.522. The molecule has 1 saturated carbocycles. The molecule has 1 unspecified atom stereocenters. The summed E-state index contributed by atoms with van der Waals surface area (Å²) in [4.78, 5) is 39.1. The molecule has 0 aromatic heterocycles. The van der Waals surface area contributed by atoms with E-state index in [-0.39, 0.29) is 59.4 Å². The van der Waals surface area contributed by atoms with Crippen molar-refractivity contribution in [1.82, 2.24) is 0 Å². The van der Waals surface area contributed by atoms with Crippen molar-refractivity contribution in [2.45, 2.75) is 59.3 Å². The standard InChI is InChI=1S/C23H26ClFO4/c1-22(2)8-15(26)20(16(27)9-22)19(13-6-5-12(25)7-14(13)24)21-17(28)10-23(3,4)11-18(21)29/h5-7,19-20,28H,8-11H2,1-4H3. The lowest BCUT2D eigenvalue weighted by molar-refractivity contribution is -0.140. The van der Waals surface area contributed by atoms with Gasteiger partial charge in [-0.25, -0.2) is 4.39 Å². The minimum Gasteiger partial charge on any atom is -0.512 e. The number of aliphatic hydroxyl groups excluding tert-OH is 1. The lowest BCUT2D eigenvalue weighted by atomic mass is 9.62. The van der Waals surface area contributed by atoms with E-state index < -0.39 is 28.5 Å². The van der Waals surface area contributed by atoms with Gasteiger partial charge in [-0.1, -0.05) is 45.4 Å². The molecular weight excluding hydrogens is 395 g/mol. The first-order valence-electron chi connectivity index (χ1n) is 9.77. The Labute approximate surface area is 175 Å². The van der Waals surface area contributed by atoms with Crippen molar-refractivity contribution in [3.63, 3.8) is 0 Å². The van der Waals surface area contributed by atoms with Crippen LogP contribution in [0, 0.1) is 22.6 Å². The average Bonchev–Trinajstić information content (AvgIpc) is 2.50. The van der Waals surface area contributed by atoms with Crippen LogP contribution in [0.5, 0.6) is 0 Å². The molecule has 0 radical (unpaired) electrons. The van der Waals surface area contributed by atoms with Crippen molar-refractivity contribution in [1.29, 1.82) is 0 Å². The van der Waals surface area contributed by atoms with Crippen LogP contribution in [-0.4, -0.2) is 22.5 Å². The maximum Gasteiger partial charge on any atom is 0.163 e. The zero-order valence-electron chi connectivity index (χ0n) is 17.1. The first kappa shape index (κ1) is 21.7. The molecule has 1 atom stereocenters. The third-order valence-electron chi connectivity index (χ3n) is 5.84. The number of benzene rings is 1. The summed E-state index contributed by atoms with van der Waals surface area (Å²) in [6.07, 6.45) is 0.811. The second-order valence-corrected chi connectivity index (χ2v) is 10.3. The van der Waals surface area contributed by atoms with Gasteiger partial charge in [0, 0.05) is 42.2 Å². The number of Topliss-reactive ketones (excluding diaryl/α,β-unsaturated/α-hetero) is 3. The molecule has 0 amide bonds. The summed E-state index contributed by atoms with van der Waals surface area (Å²) in [7, 11) is 0. The number of aliphatic hydroxyl groups is 1. The van der Waals surface area contributed by atoms with Gasteiger partial charge < -0.3 is 5.11 Å². The summed E-state index contributed by atoms with van der Waals surface area (Å²) >= 11 is 6.29. The molecule has 2 aliphatic carbocycles. The van der Waals surface area contributed by atoms with Crippen LogP contribution >= 0.6 is 11.6 Å². The van der Waals surface area contributed by atoms with Crippen molar-refractivity contribution < 1.29 is 23.9 Å². The topological polar surface area (TPSA) is 71.4 Å². The van der Waals surface area contributed by atoms with Crippen LogP contribution in [0.15, 0.2) is 29.5 Å². The van der Waals surface area contributed by atoms with Gasteiger partial charge in [0.05, 0.1) is 5.92 Å². The van der Waals surface area contributed by atoms with Crippen LogP contribution in [0.25, 0.3) is 0 Å². The highest BCUT2D eigenvalue weighted by Gasteiger charge is 2.48. The minimum absolute atomic E-state index is 0.0263. The molecule has 156 valence electrons. The normalized spacial score (nSPS) is 23.4. The number of carbonyl (C=O) groups is 3. The molecule has 1 aromatic carbocycles. The van der Waals surface area contributed by atoms with E-state index in [0.717, 1.165) is 6.07 Å². The molecule has 1 fully saturated rings. The van der Waals surface area contributed by atoms with Crippen molar-refractivity contribution in [2.24, 2.45) is 16.7 Å². The first-order chi connectivity index (χ1) is 13.3. The third kappa shape index (κ3) is 4.30. The van der Waals surface area contributed by atoms with Gasteiger partial charge in [-0.15, -0.1) is 0 Å². The zero-order valence-corrected chi connectivity index (χ0v) is 17.9. The van der Waals surface area contributed by atoms with E-state index in [1.54, 1.807) is 0 Å². The van der Waals surface area contributed by atoms with Crippen LogP contribution in [0.2, 0.25) is 5.02 Å². The summed E-state index contributed by atoms with van der Waals surface area (Å²) in [5.74, 6) is -3.69. The predicted octanol–water partition coefficient (Wildman–Crippen LogP) is 5.34. The van der Waals surface area contributed by atoms with Crippen molar-refractivity contribution in [3.8, 4) is 0 Å². The smallest absolute Gasteiger partial charge is 0.163 e. The maximum atomic E-state index is 13.7. The van der Waals surface area contributed by atoms with Crippen LogP contribution in [0.3, 0.4) is 0 Å². The Morgan fingerprint density at radius 1 is 1.00 bits per heavy atom. The number of carbonyl (C=O) groups excluding carboxylic acids is 3. The molecule has 2 aliphatic rings. The largest absolute Gasteiger partial charge is 0.512 e. The maximum absolute atomic E-state index is 13.7. The molecule has 0 spiro atoms. The number of hydrogen-bond donors (Lipinski definition) is 1. The van der Waals surface area contributed by atoms with Gasteiger partial charge in [-0.3, -0.25) is 14.4 Å². The summed E-state index contributed by atoms with van der Waals surface area (Å²) in [5, 5.41) is 10.8. The van der Waals surface area contributed by atoms with E-state index >= 15 is 0 Å². The van der Waals surface area contributed by atoms with Crippen molar-refractivity contribution in [2.75, 3.05) is 0 Å². The molecule has 4 nitrogen and oxygen atoms in total. The predicted molar refractivity (Wildman–Crippen MR) is 108 cm³/mol. The van der Waals surface area contributed by atoms with Gasteiger partial charge in [0.1, 0.15) is 23.1 Å². The molecule has 1 N–H and O–H groups in total. The Bertz CT molecular complexity index is 909. The summed E-state index contributed by atoms with van der Waals surface area (Å²) in [6.45, 7) is 7.45. The van der Waals surface area contributed by atoms with Gasteiger partial charge in [0.2, 0.25) is 0 Å². The zero-order chi connectivity index (χ0) is 21.7. The number of hydrogen-bond acceptors (Lipinski definition) is 4. The van der Waals surface area contributed by atoms with E-state index in [1.807, 2.05) is 27.7 Å². The minimum atomic E-state index is -1.12. The Morgan fingerprint density at radius 3 is 2.07 bits per heavy atom. The molecule has 0 bridgehead atoms. The number of halogens is 2. The van der Waals surface area contributed by atoms with Gasteiger partial charge in [-0.2, -0.15) is 0 Å². The fourth-order valence-electron chi connectivity index (χ4n) is 4.69. The lowest BCUT2D eigenvalue weighted by Gasteiger charge is -2.39. The molecule has 6 heteroatoms. The lowest BCUT2D eigenvalue weighted by Crippen LogP contribution is -2.43. The molecule has 1 aromatic rings. The first-order valence-corrected chi connectivity index (χ1v) is 10.1. The van der Waals surface area contributed by atoms with Crippen molar-refractivity contribution >= 4 is 29.0 Å². The van der Waals surface area contributed by atoms with E-state index in [4.69, 9.17) is 11.6 Å². The van der Waals surface area contributed by atoms with Crippen LogP contribution in [0.1, 0.15) is 64.9 Å². The highest BCUT2D eigenvalue weighted by Crippen LogP contribution is 2.48. The van der Waals surface area contributed by atoms with Crippen LogP contribution in [0.4, 0.5) is 4.39 Å². The van der Waals surface area contributed by atoms with Crippen LogP contribution in [-0.2, 0) is 14.4 Å². The molecule has 29 heavy (non-hydrogen) atoms. The van der Waals surface area contributed by atoms with Crippen LogP contribution < -0.4 is 0 Å². The second-order valence-electron chi connectivity index (χ2n) is 9.87. The average molecular weight is 421 g/mol.